The minimum Gasteiger partial charge on any atom is -0.507 e. The summed E-state index contributed by atoms with van der Waals surface area (Å²) >= 11 is 15.0. The van der Waals surface area contributed by atoms with Gasteiger partial charge in [-0.25, -0.2) is 9.69 Å². The first-order chi connectivity index (χ1) is 12.3. The highest BCUT2D eigenvalue weighted by Crippen LogP contribution is 2.30. The molecule has 0 aromatic heterocycles. The molecular weight excluding hydrogens is 447 g/mol. The number of carbonyl (C=O) groups is 3. The minimum atomic E-state index is -0.887. The van der Waals surface area contributed by atoms with E-state index in [0.29, 0.717) is 10.0 Å². The molecule has 1 aliphatic rings. The van der Waals surface area contributed by atoms with Crippen LogP contribution in [0.25, 0.3) is 6.08 Å². The number of halogens is 3. The normalized spacial score (nSPS) is 16.2. The summed E-state index contributed by atoms with van der Waals surface area (Å²) in [6.45, 7) is 0. The number of nitrogens with zero attached hydrogens (tertiary/aromatic N) is 1. The van der Waals surface area contributed by atoms with Gasteiger partial charge >= 0.3 is 6.03 Å². The van der Waals surface area contributed by atoms with Crippen molar-refractivity contribution in [3.05, 3.63) is 62.1 Å². The van der Waals surface area contributed by atoms with Gasteiger partial charge in [0.2, 0.25) is 0 Å². The quantitative estimate of drug-likeness (QED) is 0.526. The molecule has 2 N–H and O–H groups in total. The van der Waals surface area contributed by atoms with Crippen LogP contribution in [-0.4, -0.2) is 23.0 Å². The van der Waals surface area contributed by atoms with Gasteiger partial charge in [-0.15, -0.1) is 0 Å². The Bertz CT molecular complexity index is 991. The van der Waals surface area contributed by atoms with Crippen molar-refractivity contribution in [2.75, 3.05) is 4.90 Å². The molecule has 0 saturated carbocycles. The predicted octanol–water partition coefficient (Wildman–Crippen LogP) is 4.13. The monoisotopic (exact) mass is 454 g/mol. The number of amides is 4. The summed E-state index contributed by atoms with van der Waals surface area (Å²) in [6, 6.07) is 7.81. The van der Waals surface area contributed by atoms with Crippen LogP contribution in [0.1, 0.15) is 5.56 Å². The lowest BCUT2D eigenvalue weighted by Gasteiger charge is -2.26. The van der Waals surface area contributed by atoms with Crippen LogP contribution in [0.4, 0.5) is 10.5 Å². The summed E-state index contributed by atoms with van der Waals surface area (Å²) in [4.78, 5) is 37.8. The largest absolute Gasteiger partial charge is 0.507 e. The molecular formula is C17H9BrCl2N2O4. The molecule has 6 nitrogen and oxygen atoms in total. The lowest BCUT2D eigenvalue weighted by atomic mass is 10.1. The summed E-state index contributed by atoms with van der Waals surface area (Å²) in [7, 11) is 0. The molecule has 1 aliphatic heterocycles. The molecule has 1 saturated heterocycles. The highest BCUT2D eigenvalue weighted by Gasteiger charge is 2.37. The molecule has 0 atom stereocenters. The van der Waals surface area contributed by atoms with E-state index >= 15 is 0 Å². The molecule has 1 heterocycles. The molecule has 0 spiro atoms. The van der Waals surface area contributed by atoms with Crippen molar-refractivity contribution in [1.29, 1.82) is 0 Å². The van der Waals surface area contributed by atoms with Gasteiger partial charge < -0.3 is 5.11 Å². The Kier molecular flexibility index (Phi) is 5.04. The third-order valence-electron chi connectivity index (χ3n) is 3.55. The average Bonchev–Trinajstić information content (AvgIpc) is 2.57. The van der Waals surface area contributed by atoms with Crippen molar-refractivity contribution in [3.8, 4) is 5.75 Å². The third kappa shape index (κ3) is 3.46. The van der Waals surface area contributed by atoms with E-state index in [-0.39, 0.29) is 27.1 Å². The van der Waals surface area contributed by atoms with Crippen LogP contribution in [0.5, 0.6) is 5.75 Å². The van der Waals surface area contributed by atoms with Crippen molar-refractivity contribution in [2.24, 2.45) is 0 Å². The lowest BCUT2D eigenvalue weighted by Crippen LogP contribution is -2.54. The number of phenolic OH excluding ortho intramolecular Hbond substituents is 1. The molecule has 0 aliphatic carbocycles. The zero-order valence-corrected chi connectivity index (χ0v) is 15.9. The fourth-order valence-electron chi connectivity index (χ4n) is 2.30. The number of hydrogen-bond acceptors (Lipinski definition) is 4. The number of urea groups is 1. The number of barbiturate groups is 1. The zero-order chi connectivity index (χ0) is 19.0. The number of imide groups is 2. The Morgan fingerprint density at radius 1 is 1.04 bits per heavy atom. The zero-order valence-electron chi connectivity index (χ0n) is 12.8. The van der Waals surface area contributed by atoms with Crippen LogP contribution in [0.2, 0.25) is 10.0 Å². The van der Waals surface area contributed by atoms with Gasteiger partial charge in [-0.05, 0) is 57.9 Å². The van der Waals surface area contributed by atoms with E-state index in [4.69, 9.17) is 23.2 Å². The Morgan fingerprint density at radius 2 is 1.77 bits per heavy atom. The Labute approximate surface area is 166 Å². The Balaban J connectivity index is 2.03. The maximum atomic E-state index is 12.7. The summed E-state index contributed by atoms with van der Waals surface area (Å²) in [5, 5.41) is 12.1. The van der Waals surface area contributed by atoms with Crippen molar-refractivity contribution >= 4 is 68.7 Å². The fourth-order valence-corrected chi connectivity index (χ4v) is 2.98. The maximum Gasteiger partial charge on any atom is 0.335 e. The van der Waals surface area contributed by atoms with Gasteiger partial charge in [-0.3, -0.25) is 14.9 Å². The highest BCUT2D eigenvalue weighted by atomic mass is 79.9. The number of phenols is 1. The fraction of sp³-hybridized carbons (Fsp3) is 0. The van der Waals surface area contributed by atoms with Gasteiger partial charge in [0, 0.05) is 0 Å². The molecule has 2 aromatic carbocycles. The Hall–Kier alpha value is -2.35. The SMILES string of the molecule is O=C1NC(=O)N(c2ccc(Cl)c(Cl)c2)C(=O)C1=Cc1ccc(O)c(Br)c1. The first-order valence-corrected chi connectivity index (χ1v) is 8.68. The van der Waals surface area contributed by atoms with Gasteiger partial charge in [-0.2, -0.15) is 0 Å². The number of benzene rings is 2. The van der Waals surface area contributed by atoms with Gasteiger partial charge in [0.25, 0.3) is 11.8 Å². The van der Waals surface area contributed by atoms with E-state index in [1.807, 2.05) is 0 Å². The smallest absolute Gasteiger partial charge is 0.335 e. The molecule has 9 heteroatoms. The van der Waals surface area contributed by atoms with Crippen LogP contribution in [-0.2, 0) is 9.59 Å². The molecule has 132 valence electrons. The second-order valence-electron chi connectivity index (χ2n) is 5.27. The standard InChI is InChI=1S/C17H9BrCl2N2O4/c18-11-6-8(1-4-14(11)23)5-10-15(24)21-17(26)22(16(10)25)9-2-3-12(19)13(20)7-9/h1-7,23H,(H,21,24,26). The van der Waals surface area contributed by atoms with Crippen molar-refractivity contribution < 1.29 is 19.5 Å². The summed E-state index contributed by atoms with van der Waals surface area (Å²) in [6.07, 6.45) is 1.32. The van der Waals surface area contributed by atoms with Crippen LogP contribution in [0.15, 0.2) is 46.4 Å². The maximum absolute atomic E-state index is 12.7. The molecule has 26 heavy (non-hydrogen) atoms. The van der Waals surface area contributed by atoms with Crippen molar-refractivity contribution in [1.82, 2.24) is 5.32 Å². The number of carbonyl (C=O) groups excluding carboxylic acids is 3. The number of nitrogens with one attached hydrogen (secondary N) is 1. The van der Waals surface area contributed by atoms with E-state index in [9.17, 15) is 19.5 Å². The van der Waals surface area contributed by atoms with Crippen molar-refractivity contribution in [3.63, 3.8) is 0 Å². The van der Waals surface area contributed by atoms with Gasteiger partial charge in [0.05, 0.1) is 20.2 Å². The molecule has 3 rings (SSSR count). The first kappa shape index (κ1) is 18.4. The number of aromatic hydroxyl groups is 1. The molecule has 0 bridgehead atoms. The minimum absolute atomic E-state index is 0.0131. The third-order valence-corrected chi connectivity index (χ3v) is 4.92. The number of anilines is 1. The van der Waals surface area contributed by atoms with Crippen LogP contribution in [0.3, 0.4) is 0 Å². The van der Waals surface area contributed by atoms with Crippen LogP contribution >= 0.6 is 39.1 Å². The molecule has 0 unspecified atom stereocenters. The van der Waals surface area contributed by atoms with Gasteiger partial charge in [0.1, 0.15) is 11.3 Å². The first-order valence-electron chi connectivity index (χ1n) is 7.13. The number of hydrogen-bond donors (Lipinski definition) is 2. The average molecular weight is 456 g/mol. The highest BCUT2D eigenvalue weighted by molar-refractivity contribution is 9.10. The summed E-state index contributed by atoms with van der Waals surface area (Å²) in [5.74, 6) is -1.61. The molecule has 1 fully saturated rings. The van der Waals surface area contributed by atoms with Crippen LogP contribution < -0.4 is 10.2 Å². The Morgan fingerprint density at radius 3 is 2.42 bits per heavy atom. The number of rotatable bonds is 2. The van der Waals surface area contributed by atoms with Gasteiger partial charge in [0.15, 0.2) is 0 Å². The van der Waals surface area contributed by atoms with Crippen LogP contribution in [0, 0.1) is 0 Å². The van der Waals surface area contributed by atoms with E-state index in [0.717, 1.165) is 4.90 Å². The predicted molar refractivity (Wildman–Crippen MR) is 101 cm³/mol. The summed E-state index contributed by atoms with van der Waals surface area (Å²) < 4.78 is 0.396. The lowest BCUT2D eigenvalue weighted by molar-refractivity contribution is -0.122. The molecule has 2 aromatic rings. The topological polar surface area (TPSA) is 86.7 Å². The molecule has 0 radical (unpaired) electrons. The summed E-state index contributed by atoms with van der Waals surface area (Å²) in [5.41, 5.74) is 0.414. The van der Waals surface area contributed by atoms with E-state index in [2.05, 4.69) is 21.2 Å². The second-order valence-corrected chi connectivity index (χ2v) is 6.94. The van der Waals surface area contributed by atoms with Crippen molar-refractivity contribution in [2.45, 2.75) is 0 Å². The molecule has 4 amide bonds. The van der Waals surface area contributed by atoms with Gasteiger partial charge in [-0.1, -0.05) is 29.3 Å². The second kappa shape index (κ2) is 7.11. The van der Waals surface area contributed by atoms with E-state index in [1.165, 1.54) is 42.5 Å². The van der Waals surface area contributed by atoms with E-state index in [1.54, 1.807) is 0 Å². The van der Waals surface area contributed by atoms with E-state index < -0.39 is 17.8 Å².